The number of nitrogens with zero attached hydrogens (tertiary/aromatic N) is 3. The number of ether oxygens (including phenoxy) is 2. The number of fused-ring (bicyclic) bond motifs is 3. The average Bonchev–Trinajstić information content (AvgIpc) is 3.35. The van der Waals surface area contributed by atoms with Gasteiger partial charge in [0.15, 0.2) is 5.82 Å². The Morgan fingerprint density at radius 2 is 1.73 bits per heavy atom. The second-order valence-corrected chi connectivity index (χ2v) is 13.6. The molecule has 0 aliphatic rings. The van der Waals surface area contributed by atoms with E-state index in [1.165, 1.54) is 0 Å². The van der Waals surface area contributed by atoms with Gasteiger partial charge in [0.25, 0.3) is 0 Å². The minimum Gasteiger partial charge on any atom is -0.459 e. The predicted octanol–water partition coefficient (Wildman–Crippen LogP) is 6.81. The van der Waals surface area contributed by atoms with Crippen LogP contribution in [0.1, 0.15) is 66.8 Å². The van der Waals surface area contributed by atoms with E-state index in [2.05, 4.69) is 10.1 Å². The molecule has 0 spiro atoms. The Balaban J connectivity index is 1.75. The Hall–Kier alpha value is -3.50. The van der Waals surface area contributed by atoms with Crippen LogP contribution in [0.5, 0.6) is 5.75 Å². The molecule has 0 aliphatic heterocycles. The van der Waals surface area contributed by atoms with E-state index in [-0.39, 0.29) is 25.2 Å². The summed E-state index contributed by atoms with van der Waals surface area (Å²) in [4.78, 5) is 22.6. The number of para-hydroxylation sites is 2. The smallest absolute Gasteiger partial charge is 0.459 e. The topological polar surface area (TPSA) is 140 Å². The quantitative estimate of drug-likeness (QED) is 0.113. The highest BCUT2D eigenvalue weighted by Gasteiger charge is 2.38. The summed E-state index contributed by atoms with van der Waals surface area (Å²) in [5.41, 5.74) is 7.73. The van der Waals surface area contributed by atoms with Crippen molar-refractivity contribution in [1.29, 1.82) is 0 Å². The number of aromatic nitrogens is 3. The van der Waals surface area contributed by atoms with Gasteiger partial charge in [-0.25, -0.2) is 14.5 Å². The highest BCUT2D eigenvalue weighted by atomic mass is 31.2. The number of nitrogens with one attached hydrogen (secondary N) is 1. The molecule has 1 unspecified atom stereocenters. The summed E-state index contributed by atoms with van der Waals surface area (Å²) < 4.78 is 40.1. The third-order valence-corrected chi connectivity index (χ3v) is 8.46. The number of carbonyl (C=O) groups is 1. The number of rotatable bonds is 14. The molecule has 0 fully saturated rings. The third-order valence-electron chi connectivity index (χ3n) is 6.93. The van der Waals surface area contributed by atoms with Crippen LogP contribution in [0.15, 0.2) is 54.6 Å². The number of imidazole rings is 1. The van der Waals surface area contributed by atoms with Crippen molar-refractivity contribution in [2.75, 3.05) is 18.9 Å². The number of benzene rings is 2. The van der Waals surface area contributed by atoms with E-state index >= 15 is 0 Å². The largest absolute Gasteiger partial charge is 0.459 e. The number of nitrogens with two attached hydrogens (primary N) is 1. The average molecular weight is 626 g/mol. The van der Waals surface area contributed by atoms with E-state index in [4.69, 9.17) is 29.2 Å². The number of anilines is 1. The van der Waals surface area contributed by atoms with Crippen molar-refractivity contribution in [3.05, 3.63) is 60.4 Å². The summed E-state index contributed by atoms with van der Waals surface area (Å²) in [6, 6.07) is 15.1. The van der Waals surface area contributed by atoms with Crippen molar-refractivity contribution in [2.45, 2.75) is 79.2 Å². The van der Waals surface area contributed by atoms with Gasteiger partial charge in [-0.15, -0.1) is 0 Å². The molecule has 11 nitrogen and oxygen atoms in total. The first-order chi connectivity index (χ1) is 20.9. The molecule has 44 heavy (non-hydrogen) atoms. The first kappa shape index (κ1) is 33.4. The fourth-order valence-electron chi connectivity index (χ4n) is 4.84. The molecule has 4 rings (SSSR count). The monoisotopic (exact) mass is 625 g/mol. The summed E-state index contributed by atoms with van der Waals surface area (Å²) >= 11 is 0. The summed E-state index contributed by atoms with van der Waals surface area (Å²) in [5.74, 6) is 0.457. The lowest BCUT2D eigenvalue weighted by molar-refractivity contribution is -0.158. The van der Waals surface area contributed by atoms with Crippen LogP contribution in [0.25, 0.3) is 21.9 Å². The van der Waals surface area contributed by atoms with Crippen molar-refractivity contribution in [1.82, 2.24) is 19.6 Å². The van der Waals surface area contributed by atoms with Gasteiger partial charge in [0.05, 0.1) is 23.7 Å². The zero-order chi connectivity index (χ0) is 32.1. The minimum atomic E-state index is -4.15. The van der Waals surface area contributed by atoms with Crippen LogP contribution >= 0.6 is 7.75 Å². The zero-order valence-corrected chi connectivity index (χ0v) is 27.5. The summed E-state index contributed by atoms with van der Waals surface area (Å²) in [7, 11) is -4.15. The molecule has 12 heteroatoms. The molecule has 0 aliphatic carbocycles. The number of carbonyl (C=O) groups excluding carboxylic acids is 1. The number of hydrogen-bond acceptors (Lipinski definition) is 9. The van der Waals surface area contributed by atoms with E-state index in [0.717, 1.165) is 16.4 Å². The number of hydrogen-bond donors (Lipinski definition) is 2. The first-order valence-electron chi connectivity index (χ1n) is 15.0. The molecule has 2 heterocycles. The standard InChI is InChI=1S/C32H44N5O6P/c1-8-22(37-26(20-40-9-2)35-28-29(37)24-17-13-14-18-25(24)34-30(28)33)19-41-44(39,43-23-15-11-10-12-16-23)36-27(21(3)4)31(38)42-32(5,6)7/h10-18,21-22,27H,8-9,19-20H2,1-7H3,(H2,33,34)(H,36,39)/t22-,27+,44?/m1/s1. The van der Waals surface area contributed by atoms with Gasteiger partial charge >= 0.3 is 13.7 Å². The van der Waals surface area contributed by atoms with Gasteiger partial charge in [-0.2, -0.15) is 5.09 Å². The number of nitrogen functional groups attached to an aromatic ring is 1. The maximum atomic E-state index is 14.5. The van der Waals surface area contributed by atoms with Gasteiger partial charge in [0.1, 0.15) is 35.3 Å². The number of pyridine rings is 1. The van der Waals surface area contributed by atoms with Crippen LogP contribution in [-0.4, -0.2) is 45.4 Å². The van der Waals surface area contributed by atoms with Crippen molar-refractivity contribution in [3.63, 3.8) is 0 Å². The minimum absolute atomic E-state index is 0.0338. The lowest BCUT2D eigenvalue weighted by Gasteiger charge is -2.30. The van der Waals surface area contributed by atoms with E-state index in [0.29, 0.717) is 35.9 Å². The lowest BCUT2D eigenvalue weighted by Crippen LogP contribution is -2.44. The van der Waals surface area contributed by atoms with Crippen LogP contribution in [0.4, 0.5) is 5.82 Å². The Bertz CT molecular complexity index is 1620. The van der Waals surface area contributed by atoms with Crippen LogP contribution in [-0.2, 0) is 30.0 Å². The van der Waals surface area contributed by atoms with Crippen molar-refractivity contribution in [2.24, 2.45) is 5.92 Å². The van der Waals surface area contributed by atoms with Crippen molar-refractivity contribution >= 4 is 41.5 Å². The summed E-state index contributed by atoms with van der Waals surface area (Å²) in [6.07, 6.45) is 0.589. The molecule has 3 atom stereocenters. The van der Waals surface area contributed by atoms with Gasteiger partial charge < -0.3 is 24.3 Å². The molecule has 4 aromatic rings. The van der Waals surface area contributed by atoms with Gasteiger partial charge in [0, 0.05) is 12.0 Å². The maximum absolute atomic E-state index is 14.5. The van der Waals surface area contributed by atoms with E-state index < -0.39 is 25.4 Å². The molecule has 0 saturated carbocycles. The highest BCUT2D eigenvalue weighted by Crippen LogP contribution is 2.47. The highest BCUT2D eigenvalue weighted by molar-refractivity contribution is 7.52. The molecule has 0 radical (unpaired) electrons. The van der Waals surface area contributed by atoms with Crippen LogP contribution in [0.2, 0.25) is 0 Å². The Kier molecular flexibility index (Phi) is 10.7. The first-order valence-corrected chi connectivity index (χ1v) is 16.5. The Labute approximate surface area is 259 Å². The summed E-state index contributed by atoms with van der Waals surface area (Å²) in [5, 5.41) is 3.78. The second kappa shape index (κ2) is 14.1. The predicted molar refractivity (Wildman–Crippen MR) is 172 cm³/mol. The fraction of sp³-hybridized carbons (Fsp3) is 0.469. The van der Waals surface area contributed by atoms with Crippen LogP contribution in [0.3, 0.4) is 0 Å². The molecule has 0 saturated heterocycles. The summed E-state index contributed by atoms with van der Waals surface area (Å²) in [6.45, 7) is 13.6. The Morgan fingerprint density at radius 3 is 2.36 bits per heavy atom. The maximum Gasteiger partial charge on any atom is 0.459 e. The van der Waals surface area contributed by atoms with Gasteiger partial charge in [0.2, 0.25) is 0 Å². The lowest BCUT2D eigenvalue weighted by atomic mass is 10.1. The second-order valence-electron chi connectivity index (χ2n) is 11.9. The number of esters is 1. The Morgan fingerprint density at radius 1 is 1.05 bits per heavy atom. The van der Waals surface area contributed by atoms with Gasteiger partial charge in [-0.1, -0.05) is 57.2 Å². The molecular weight excluding hydrogens is 581 g/mol. The van der Waals surface area contributed by atoms with E-state index in [1.54, 1.807) is 45.0 Å². The van der Waals surface area contributed by atoms with Gasteiger partial charge in [-0.05, 0) is 58.2 Å². The molecule has 2 aromatic carbocycles. The van der Waals surface area contributed by atoms with Gasteiger partial charge in [-0.3, -0.25) is 9.32 Å². The van der Waals surface area contributed by atoms with E-state index in [9.17, 15) is 9.36 Å². The van der Waals surface area contributed by atoms with Crippen LogP contribution in [0, 0.1) is 5.92 Å². The van der Waals surface area contributed by atoms with Crippen LogP contribution < -0.4 is 15.3 Å². The zero-order valence-electron chi connectivity index (χ0n) is 26.6. The van der Waals surface area contributed by atoms with Crippen molar-refractivity contribution in [3.8, 4) is 5.75 Å². The SMILES string of the molecule is CCOCc1nc2c(N)nc3ccccc3c2n1[C@H](CC)COP(=O)(N[C@H](C(=O)OC(C)(C)C)C(C)C)Oc1ccccc1. The molecule has 2 aromatic heterocycles. The van der Waals surface area contributed by atoms with Crippen molar-refractivity contribution < 1.29 is 27.9 Å². The molecule has 3 N–H and O–H groups in total. The normalized spacial score (nSPS) is 14.9. The molecular formula is C32H44N5O6P. The molecule has 0 amide bonds. The van der Waals surface area contributed by atoms with E-state index in [1.807, 2.05) is 62.6 Å². The fourth-order valence-corrected chi connectivity index (χ4v) is 6.53. The third kappa shape index (κ3) is 7.95. The molecule has 238 valence electrons. The molecule has 0 bridgehead atoms.